The van der Waals surface area contributed by atoms with Gasteiger partial charge in [-0.3, -0.25) is 4.98 Å². The summed E-state index contributed by atoms with van der Waals surface area (Å²) in [5.41, 5.74) is 0.197. The summed E-state index contributed by atoms with van der Waals surface area (Å²) < 4.78 is 60.3. The second-order valence-corrected chi connectivity index (χ2v) is 9.87. The van der Waals surface area contributed by atoms with Crippen LogP contribution in [0, 0.1) is 23.0 Å². The predicted octanol–water partition coefficient (Wildman–Crippen LogP) is 4.24. The van der Waals surface area contributed by atoms with Crippen molar-refractivity contribution in [2.75, 3.05) is 18.8 Å². The lowest BCUT2D eigenvalue weighted by Crippen LogP contribution is -2.42. The summed E-state index contributed by atoms with van der Waals surface area (Å²) in [5, 5.41) is 10.4. The van der Waals surface area contributed by atoms with Gasteiger partial charge < -0.3 is 4.74 Å². The molecule has 2 heterocycles. The Kier molecular flexibility index (Phi) is 6.09. The van der Waals surface area contributed by atoms with Gasteiger partial charge in [0.2, 0.25) is 10.0 Å². The van der Waals surface area contributed by atoms with E-state index in [4.69, 9.17) is 10.00 Å². The van der Waals surface area contributed by atoms with Gasteiger partial charge in [-0.05, 0) is 66.6 Å². The lowest BCUT2D eigenvalue weighted by molar-refractivity contribution is 0.137. The Morgan fingerprint density at radius 2 is 1.81 bits per heavy atom. The monoisotopic (exact) mass is 457 g/mol. The average molecular weight is 458 g/mol. The number of hydrogen-bond donors (Lipinski definition) is 0. The fourth-order valence-corrected chi connectivity index (χ4v) is 5.00. The molecular formula is C23H21F2N3O3S. The summed E-state index contributed by atoms with van der Waals surface area (Å²) in [5.74, 6) is -1.28. The number of pyridine rings is 1. The van der Waals surface area contributed by atoms with E-state index in [2.05, 4.69) is 4.98 Å². The minimum atomic E-state index is -3.24. The van der Waals surface area contributed by atoms with E-state index in [1.165, 1.54) is 10.4 Å². The Labute approximate surface area is 185 Å². The number of sulfonamides is 1. The fraction of sp³-hybridized carbons (Fsp3) is 0.304. The number of nitriles is 1. The van der Waals surface area contributed by atoms with Crippen LogP contribution in [0.2, 0.25) is 0 Å². The first-order chi connectivity index (χ1) is 15.3. The lowest BCUT2D eigenvalue weighted by Gasteiger charge is -2.31. The van der Waals surface area contributed by atoms with E-state index in [0.29, 0.717) is 37.2 Å². The summed E-state index contributed by atoms with van der Waals surface area (Å²) in [6, 6.07) is 9.03. The van der Waals surface area contributed by atoms with Gasteiger partial charge in [-0.1, -0.05) is 0 Å². The molecule has 1 aliphatic rings. The summed E-state index contributed by atoms with van der Waals surface area (Å²) in [4.78, 5) is 4.15. The molecule has 0 aliphatic carbocycles. The number of nitrogens with zero attached hydrogens (tertiary/aromatic N) is 3. The molecule has 0 bridgehead atoms. The van der Waals surface area contributed by atoms with Crippen LogP contribution >= 0.6 is 0 Å². The second-order valence-electron chi connectivity index (χ2n) is 7.61. The number of hydrogen-bond acceptors (Lipinski definition) is 5. The van der Waals surface area contributed by atoms with Crippen molar-refractivity contribution in [3.8, 4) is 22.9 Å². The molecule has 6 nitrogen and oxygen atoms in total. The van der Waals surface area contributed by atoms with E-state index < -0.39 is 27.2 Å². The van der Waals surface area contributed by atoms with E-state index in [1.807, 2.05) is 0 Å². The van der Waals surface area contributed by atoms with E-state index >= 15 is 0 Å². The number of fused-ring (bicyclic) bond motifs is 1. The maximum Gasteiger partial charge on any atom is 0.213 e. The number of ether oxygens (including phenoxy) is 1. The van der Waals surface area contributed by atoms with E-state index in [1.54, 1.807) is 37.5 Å². The largest absolute Gasteiger partial charge is 0.490 e. The molecule has 2 aromatic carbocycles. The molecule has 1 aliphatic heterocycles. The SMILES string of the molecule is CCS(=O)(=O)N1CCC(Oc2cc(-c3cc(F)c(C#N)c(F)c3)cc3ccncc23)CC1. The van der Waals surface area contributed by atoms with Gasteiger partial charge in [0, 0.05) is 30.9 Å². The highest BCUT2D eigenvalue weighted by Gasteiger charge is 2.28. The minimum Gasteiger partial charge on any atom is -0.490 e. The molecule has 0 radical (unpaired) electrons. The van der Waals surface area contributed by atoms with Crippen LogP contribution in [0.3, 0.4) is 0 Å². The minimum absolute atomic E-state index is 0.0641. The quantitative estimate of drug-likeness (QED) is 0.572. The zero-order chi connectivity index (χ0) is 22.9. The third kappa shape index (κ3) is 4.29. The standard InChI is InChI=1S/C23H21F2N3O3S/c1-2-32(29,30)28-7-4-18(5-8-28)31-23-12-16(9-15-3-6-27-14-20(15)23)17-10-21(24)19(13-26)22(25)11-17/h3,6,9-12,14,18H,2,4-5,7-8H2,1H3. The summed E-state index contributed by atoms with van der Waals surface area (Å²) >= 11 is 0. The number of halogens is 2. The van der Waals surface area contributed by atoms with Crippen molar-refractivity contribution in [1.82, 2.24) is 9.29 Å². The van der Waals surface area contributed by atoms with Gasteiger partial charge in [-0.25, -0.2) is 21.5 Å². The highest BCUT2D eigenvalue weighted by molar-refractivity contribution is 7.89. The molecule has 3 aromatic rings. The van der Waals surface area contributed by atoms with Crippen LogP contribution in [0.4, 0.5) is 8.78 Å². The number of piperidine rings is 1. The van der Waals surface area contributed by atoms with Crippen molar-refractivity contribution in [2.24, 2.45) is 0 Å². The van der Waals surface area contributed by atoms with Crippen molar-refractivity contribution >= 4 is 20.8 Å². The lowest BCUT2D eigenvalue weighted by atomic mass is 9.99. The first-order valence-corrected chi connectivity index (χ1v) is 11.8. The zero-order valence-electron chi connectivity index (χ0n) is 17.4. The van der Waals surface area contributed by atoms with Gasteiger partial charge in [0.05, 0.1) is 5.75 Å². The third-order valence-electron chi connectivity index (χ3n) is 5.66. The Morgan fingerprint density at radius 3 is 2.44 bits per heavy atom. The average Bonchev–Trinajstić information content (AvgIpc) is 2.79. The second kappa shape index (κ2) is 8.81. The first kappa shape index (κ1) is 22.1. The summed E-state index contributed by atoms with van der Waals surface area (Å²) in [7, 11) is -3.24. The summed E-state index contributed by atoms with van der Waals surface area (Å²) in [6.45, 7) is 2.38. The molecule has 0 unspecified atom stereocenters. The Balaban J connectivity index is 1.67. The van der Waals surface area contributed by atoms with Crippen LogP contribution in [-0.4, -0.2) is 42.7 Å². The van der Waals surface area contributed by atoms with Crippen molar-refractivity contribution < 1.29 is 21.9 Å². The molecule has 1 saturated heterocycles. The molecule has 9 heteroatoms. The molecule has 0 amide bonds. The van der Waals surface area contributed by atoms with Crippen molar-refractivity contribution in [3.05, 3.63) is 59.9 Å². The van der Waals surface area contributed by atoms with Crippen molar-refractivity contribution in [2.45, 2.75) is 25.9 Å². The molecule has 0 N–H and O–H groups in total. The molecule has 1 fully saturated rings. The van der Waals surface area contributed by atoms with Gasteiger partial charge in [-0.15, -0.1) is 0 Å². The first-order valence-electron chi connectivity index (χ1n) is 10.2. The Bertz CT molecular complexity index is 1290. The number of benzene rings is 2. The van der Waals surface area contributed by atoms with E-state index in [9.17, 15) is 17.2 Å². The number of aromatic nitrogens is 1. The smallest absolute Gasteiger partial charge is 0.213 e. The molecular weight excluding hydrogens is 436 g/mol. The maximum absolute atomic E-state index is 14.2. The fourth-order valence-electron chi connectivity index (χ4n) is 3.87. The molecule has 4 rings (SSSR count). The van der Waals surface area contributed by atoms with Gasteiger partial charge in [0.1, 0.15) is 35.1 Å². The normalized spacial score (nSPS) is 15.6. The number of rotatable bonds is 5. The third-order valence-corrected chi connectivity index (χ3v) is 7.54. The Morgan fingerprint density at radius 1 is 1.16 bits per heavy atom. The molecule has 166 valence electrons. The van der Waals surface area contributed by atoms with Crippen molar-refractivity contribution in [3.63, 3.8) is 0 Å². The van der Waals surface area contributed by atoms with E-state index in [-0.39, 0.29) is 17.4 Å². The maximum atomic E-state index is 14.2. The highest BCUT2D eigenvalue weighted by Crippen LogP contribution is 2.35. The molecule has 0 spiro atoms. The van der Waals surface area contributed by atoms with Crippen LogP contribution in [0.25, 0.3) is 21.9 Å². The van der Waals surface area contributed by atoms with Crippen molar-refractivity contribution in [1.29, 1.82) is 5.26 Å². The molecule has 0 atom stereocenters. The van der Waals surface area contributed by atoms with E-state index in [0.717, 1.165) is 22.9 Å². The summed E-state index contributed by atoms with van der Waals surface area (Å²) in [6.07, 6.45) is 4.14. The molecule has 32 heavy (non-hydrogen) atoms. The van der Waals surface area contributed by atoms with Gasteiger partial charge in [0.15, 0.2) is 0 Å². The van der Waals surface area contributed by atoms with Crippen LogP contribution in [0.1, 0.15) is 25.3 Å². The Hall–Kier alpha value is -3.09. The predicted molar refractivity (Wildman–Crippen MR) is 116 cm³/mol. The van der Waals surface area contributed by atoms with Gasteiger partial charge >= 0.3 is 0 Å². The zero-order valence-corrected chi connectivity index (χ0v) is 18.2. The van der Waals surface area contributed by atoms with Crippen LogP contribution in [0.15, 0.2) is 42.7 Å². The topological polar surface area (TPSA) is 83.3 Å². The molecule has 0 saturated carbocycles. The van der Waals surface area contributed by atoms with Gasteiger partial charge in [0.25, 0.3) is 0 Å². The molecule has 1 aromatic heterocycles. The highest BCUT2D eigenvalue weighted by atomic mass is 32.2. The van der Waals surface area contributed by atoms with Crippen LogP contribution in [-0.2, 0) is 10.0 Å². The van der Waals surface area contributed by atoms with Crippen LogP contribution in [0.5, 0.6) is 5.75 Å². The van der Waals surface area contributed by atoms with Crippen LogP contribution < -0.4 is 4.74 Å². The van der Waals surface area contributed by atoms with Gasteiger partial charge in [-0.2, -0.15) is 5.26 Å².